The Morgan fingerprint density at radius 1 is 1.03 bits per heavy atom. The predicted octanol–water partition coefficient (Wildman–Crippen LogP) is 6.26. The molecule has 39 heavy (non-hydrogen) atoms. The number of amides is 1. The number of carbonyl (C=O) groups is 1. The van der Waals surface area contributed by atoms with Gasteiger partial charge in [-0.2, -0.15) is 13.2 Å². The van der Waals surface area contributed by atoms with Crippen molar-refractivity contribution in [3.05, 3.63) is 83.3 Å². The number of aryl methyl sites for hydroxylation is 1. The molecule has 1 amide bonds. The molecule has 1 saturated heterocycles. The number of alkyl halides is 3. The Labute approximate surface area is 224 Å². The van der Waals surface area contributed by atoms with Gasteiger partial charge in [0.2, 0.25) is 0 Å². The summed E-state index contributed by atoms with van der Waals surface area (Å²) in [6.45, 7) is 3.33. The second kappa shape index (κ2) is 11.9. The molecule has 3 N–H and O–H groups in total. The van der Waals surface area contributed by atoms with Crippen LogP contribution in [0.15, 0.2) is 61.1 Å². The molecule has 4 aromatic rings. The lowest BCUT2D eigenvalue weighted by Crippen LogP contribution is -2.30. The number of rotatable bonds is 9. The van der Waals surface area contributed by atoms with E-state index in [1.165, 1.54) is 25.3 Å². The number of nitrogens with zero attached hydrogens (tertiary/aromatic N) is 3. The van der Waals surface area contributed by atoms with E-state index >= 15 is 0 Å². The maximum atomic E-state index is 13.7. The van der Waals surface area contributed by atoms with Crippen LogP contribution >= 0.6 is 0 Å². The molecule has 0 spiro atoms. The van der Waals surface area contributed by atoms with Crippen molar-refractivity contribution in [1.29, 1.82) is 0 Å². The van der Waals surface area contributed by atoms with Crippen molar-refractivity contribution in [1.82, 2.24) is 19.9 Å². The van der Waals surface area contributed by atoms with Crippen LogP contribution in [-0.4, -0.2) is 45.4 Å². The van der Waals surface area contributed by atoms with E-state index in [2.05, 4.69) is 30.5 Å². The number of aromatic nitrogens is 3. The van der Waals surface area contributed by atoms with Crippen LogP contribution in [0.4, 0.5) is 24.7 Å². The molecule has 0 aliphatic carbocycles. The van der Waals surface area contributed by atoms with Gasteiger partial charge in [-0.15, -0.1) is 0 Å². The zero-order valence-electron chi connectivity index (χ0n) is 21.5. The summed E-state index contributed by atoms with van der Waals surface area (Å²) in [5, 5.41) is 6.80. The Hall–Kier alpha value is -3.92. The number of likely N-dealkylation sites (tertiary alicyclic amines) is 1. The lowest BCUT2D eigenvalue weighted by molar-refractivity contribution is -0.137. The first kappa shape index (κ1) is 26.7. The summed E-state index contributed by atoms with van der Waals surface area (Å²) in [5.74, 6) is -0.199. The molecule has 204 valence electrons. The summed E-state index contributed by atoms with van der Waals surface area (Å²) in [6.07, 6.45) is 5.38. The van der Waals surface area contributed by atoms with Gasteiger partial charge in [-0.1, -0.05) is 6.42 Å². The Morgan fingerprint density at radius 2 is 1.87 bits per heavy atom. The van der Waals surface area contributed by atoms with E-state index in [9.17, 15) is 18.0 Å². The highest BCUT2D eigenvalue weighted by Gasteiger charge is 2.31. The topological polar surface area (TPSA) is 85.9 Å². The third-order valence-corrected chi connectivity index (χ3v) is 7.02. The molecule has 0 radical (unpaired) electrons. The summed E-state index contributed by atoms with van der Waals surface area (Å²) >= 11 is 0. The lowest BCUT2D eigenvalue weighted by atomic mass is 10.0. The quantitative estimate of drug-likeness (QED) is 0.235. The molecule has 7 nitrogen and oxygen atoms in total. The van der Waals surface area contributed by atoms with E-state index in [1.807, 2.05) is 12.1 Å². The second-order valence-electron chi connectivity index (χ2n) is 9.84. The molecule has 0 atom stereocenters. The number of aromatic amines is 1. The Kier molecular flexibility index (Phi) is 8.11. The van der Waals surface area contributed by atoms with E-state index < -0.39 is 17.6 Å². The summed E-state index contributed by atoms with van der Waals surface area (Å²) in [7, 11) is 0. The highest BCUT2D eigenvalue weighted by Crippen LogP contribution is 2.33. The third-order valence-electron chi connectivity index (χ3n) is 7.02. The maximum Gasteiger partial charge on any atom is 0.416 e. The number of pyridine rings is 2. The van der Waals surface area contributed by atoms with Gasteiger partial charge in [0.1, 0.15) is 11.5 Å². The fourth-order valence-electron chi connectivity index (χ4n) is 5.04. The molecule has 10 heteroatoms. The zero-order valence-corrected chi connectivity index (χ0v) is 21.5. The third kappa shape index (κ3) is 6.75. The van der Waals surface area contributed by atoms with Gasteiger partial charge >= 0.3 is 6.18 Å². The molecule has 1 aliphatic rings. The minimum absolute atomic E-state index is 0.112. The maximum absolute atomic E-state index is 13.7. The molecular formula is C29H31F3N6O. The number of anilines is 2. The number of halogens is 3. The first-order chi connectivity index (χ1) is 18.9. The van der Waals surface area contributed by atoms with E-state index in [4.69, 9.17) is 0 Å². The van der Waals surface area contributed by atoms with Crippen LogP contribution in [-0.2, 0) is 19.1 Å². The zero-order chi connectivity index (χ0) is 27.2. The lowest BCUT2D eigenvalue weighted by Gasteiger charge is -2.26. The minimum Gasteiger partial charge on any atom is -0.365 e. The first-order valence-corrected chi connectivity index (χ1v) is 13.2. The van der Waals surface area contributed by atoms with Crippen LogP contribution in [0, 0.1) is 0 Å². The Morgan fingerprint density at radius 3 is 2.69 bits per heavy atom. The van der Waals surface area contributed by atoms with Gasteiger partial charge < -0.3 is 20.5 Å². The van der Waals surface area contributed by atoms with Crippen molar-refractivity contribution in [3.8, 4) is 0 Å². The summed E-state index contributed by atoms with van der Waals surface area (Å²) < 4.78 is 41.1. The molecule has 0 saturated carbocycles. The highest BCUT2D eigenvalue weighted by atomic mass is 19.4. The van der Waals surface area contributed by atoms with Gasteiger partial charge in [-0.3, -0.25) is 4.79 Å². The highest BCUT2D eigenvalue weighted by molar-refractivity contribution is 6.07. The van der Waals surface area contributed by atoms with Gasteiger partial charge in [0.05, 0.1) is 11.1 Å². The number of fused-ring (bicyclic) bond motifs is 1. The molecule has 5 rings (SSSR count). The van der Waals surface area contributed by atoms with Crippen LogP contribution in [0.3, 0.4) is 0 Å². The fourth-order valence-corrected chi connectivity index (χ4v) is 5.04. The summed E-state index contributed by atoms with van der Waals surface area (Å²) in [4.78, 5) is 27.2. The Bertz CT molecular complexity index is 1430. The monoisotopic (exact) mass is 536 g/mol. The number of carbonyl (C=O) groups excluding carboxylic acids is 1. The molecule has 1 aromatic carbocycles. The van der Waals surface area contributed by atoms with Crippen molar-refractivity contribution in [2.24, 2.45) is 0 Å². The van der Waals surface area contributed by atoms with Crippen molar-refractivity contribution in [2.75, 3.05) is 30.3 Å². The average molecular weight is 537 g/mol. The number of hydrogen-bond acceptors (Lipinski definition) is 5. The number of hydrogen-bond donors (Lipinski definition) is 3. The standard InChI is InChI=1S/C29H31F3N6O/c30-29(31,32)22-16-20(6-5-15-38-13-2-1-3-14-38)17-23(18-22)37-28(39)25-7-4-10-33-27(25)36-19-21-8-11-34-26-24(21)9-12-35-26/h4,7-12,16-18H,1-3,5-6,13-15,19H2,(H,33,36)(H,34,35)(H,37,39). The fraction of sp³-hybridized carbons (Fsp3) is 0.345. The van der Waals surface area contributed by atoms with Crippen LogP contribution in [0.1, 0.15) is 52.7 Å². The van der Waals surface area contributed by atoms with Gasteiger partial charge in [0.25, 0.3) is 5.91 Å². The van der Waals surface area contributed by atoms with Crippen LogP contribution in [0.5, 0.6) is 0 Å². The Balaban J connectivity index is 1.30. The summed E-state index contributed by atoms with van der Waals surface area (Å²) in [5.41, 5.74) is 1.84. The normalized spacial score (nSPS) is 14.4. The van der Waals surface area contributed by atoms with Crippen molar-refractivity contribution >= 4 is 28.4 Å². The minimum atomic E-state index is -4.52. The van der Waals surface area contributed by atoms with Crippen LogP contribution < -0.4 is 10.6 Å². The number of piperidine rings is 1. The molecule has 3 aromatic heterocycles. The first-order valence-electron chi connectivity index (χ1n) is 13.2. The summed E-state index contributed by atoms with van der Waals surface area (Å²) in [6, 6.07) is 10.8. The molecular weight excluding hydrogens is 505 g/mol. The van der Waals surface area contributed by atoms with Gasteiger partial charge in [-0.25, -0.2) is 9.97 Å². The largest absolute Gasteiger partial charge is 0.416 e. The molecule has 1 aliphatic heterocycles. The van der Waals surface area contributed by atoms with Gasteiger partial charge in [0.15, 0.2) is 0 Å². The van der Waals surface area contributed by atoms with Gasteiger partial charge in [-0.05, 0) is 98.9 Å². The van der Waals surface area contributed by atoms with Crippen LogP contribution in [0.2, 0.25) is 0 Å². The van der Waals surface area contributed by atoms with E-state index in [0.29, 0.717) is 24.3 Å². The predicted molar refractivity (Wildman–Crippen MR) is 146 cm³/mol. The smallest absolute Gasteiger partial charge is 0.365 e. The van der Waals surface area contributed by atoms with Crippen molar-refractivity contribution < 1.29 is 18.0 Å². The van der Waals surface area contributed by atoms with E-state index in [-0.39, 0.29) is 11.3 Å². The van der Waals surface area contributed by atoms with E-state index in [1.54, 1.807) is 36.8 Å². The number of benzene rings is 1. The SMILES string of the molecule is O=C(Nc1cc(CCCN2CCCCC2)cc(C(F)(F)F)c1)c1cccnc1NCc1ccnc2[nH]ccc12. The van der Waals surface area contributed by atoms with E-state index in [0.717, 1.165) is 48.7 Å². The van der Waals surface area contributed by atoms with Gasteiger partial charge in [0, 0.05) is 36.2 Å². The molecule has 0 unspecified atom stereocenters. The number of nitrogens with one attached hydrogen (secondary N) is 3. The van der Waals surface area contributed by atoms with Crippen LogP contribution in [0.25, 0.3) is 11.0 Å². The van der Waals surface area contributed by atoms with Crippen molar-refractivity contribution in [3.63, 3.8) is 0 Å². The second-order valence-corrected chi connectivity index (χ2v) is 9.84. The number of H-pyrrole nitrogens is 1. The molecule has 1 fully saturated rings. The average Bonchev–Trinajstić information content (AvgIpc) is 3.42. The molecule has 4 heterocycles. The molecule has 0 bridgehead atoms. The van der Waals surface area contributed by atoms with Crippen molar-refractivity contribution in [2.45, 2.75) is 44.8 Å².